The molecule has 3 nitrogen and oxygen atoms in total. The summed E-state index contributed by atoms with van der Waals surface area (Å²) in [6.07, 6.45) is 3.78. The molecule has 0 bridgehead atoms. The lowest BCUT2D eigenvalue weighted by Gasteiger charge is -2.15. The van der Waals surface area contributed by atoms with Crippen molar-refractivity contribution < 1.29 is 4.79 Å². The highest BCUT2D eigenvalue weighted by atomic mass is 16.2. The molecule has 0 aromatic rings. The molecule has 94 valence electrons. The lowest BCUT2D eigenvalue weighted by atomic mass is 10.2. The molecule has 3 heteroatoms. The van der Waals surface area contributed by atoms with Gasteiger partial charge in [0.1, 0.15) is 0 Å². The summed E-state index contributed by atoms with van der Waals surface area (Å²) in [6.45, 7) is 9.16. The SMILES string of the molecule is CCCC1CC1NC(C)C(=O)NCC(C)C. The predicted octanol–water partition coefficient (Wildman–Crippen LogP) is 1.93. The summed E-state index contributed by atoms with van der Waals surface area (Å²) in [5, 5.41) is 6.36. The van der Waals surface area contributed by atoms with Crippen LogP contribution in [0.5, 0.6) is 0 Å². The van der Waals surface area contributed by atoms with Crippen LogP contribution in [0.1, 0.15) is 47.0 Å². The van der Waals surface area contributed by atoms with Crippen LogP contribution >= 0.6 is 0 Å². The maximum Gasteiger partial charge on any atom is 0.236 e. The van der Waals surface area contributed by atoms with Gasteiger partial charge in [-0.3, -0.25) is 4.79 Å². The highest BCUT2D eigenvalue weighted by molar-refractivity contribution is 5.81. The maximum atomic E-state index is 11.7. The molecular weight excluding hydrogens is 200 g/mol. The molecule has 0 radical (unpaired) electrons. The first-order valence-electron chi connectivity index (χ1n) is 6.58. The minimum absolute atomic E-state index is 0.0504. The van der Waals surface area contributed by atoms with Crippen LogP contribution in [-0.2, 0) is 4.79 Å². The number of carbonyl (C=O) groups is 1. The second kappa shape index (κ2) is 6.24. The van der Waals surface area contributed by atoms with Gasteiger partial charge in [0.25, 0.3) is 0 Å². The Bertz CT molecular complexity index is 228. The summed E-state index contributed by atoms with van der Waals surface area (Å²) >= 11 is 0. The Balaban J connectivity index is 2.15. The molecule has 3 atom stereocenters. The first kappa shape index (κ1) is 13.5. The second-order valence-corrected chi connectivity index (χ2v) is 5.42. The Hall–Kier alpha value is -0.570. The van der Waals surface area contributed by atoms with Crippen molar-refractivity contribution >= 4 is 5.91 Å². The van der Waals surface area contributed by atoms with Gasteiger partial charge in [0, 0.05) is 12.6 Å². The van der Waals surface area contributed by atoms with E-state index in [1.165, 1.54) is 19.3 Å². The molecule has 3 unspecified atom stereocenters. The lowest BCUT2D eigenvalue weighted by molar-refractivity contribution is -0.122. The fraction of sp³-hybridized carbons (Fsp3) is 0.923. The molecule has 1 aliphatic carbocycles. The average molecular weight is 226 g/mol. The quantitative estimate of drug-likeness (QED) is 0.696. The smallest absolute Gasteiger partial charge is 0.236 e. The van der Waals surface area contributed by atoms with Crippen molar-refractivity contribution in [2.75, 3.05) is 6.54 Å². The normalized spacial score (nSPS) is 25.6. The molecule has 0 saturated heterocycles. The van der Waals surface area contributed by atoms with Crippen molar-refractivity contribution in [3.63, 3.8) is 0 Å². The van der Waals surface area contributed by atoms with E-state index in [1.54, 1.807) is 0 Å². The van der Waals surface area contributed by atoms with Gasteiger partial charge in [-0.1, -0.05) is 27.2 Å². The first-order chi connectivity index (χ1) is 7.54. The first-order valence-corrected chi connectivity index (χ1v) is 6.58. The Morgan fingerprint density at radius 3 is 2.62 bits per heavy atom. The minimum atomic E-state index is -0.0504. The van der Waals surface area contributed by atoms with Crippen LogP contribution in [0.15, 0.2) is 0 Å². The molecule has 0 aromatic carbocycles. The largest absolute Gasteiger partial charge is 0.354 e. The van der Waals surface area contributed by atoms with Gasteiger partial charge >= 0.3 is 0 Å². The van der Waals surface area contributed by atoms with Gasteiger partial charge in [0.15, 0.2) is 0 Å². The van der Waals surface area contributed by atoms with Gasteiger partial charge in [-0.05, 0) is 31.6 Å². The molecule has 1 rings (SSSR count). The third-order valence-electron chi connectivity index (χ3n) is 3.12. The molecule has 1 fully saturated rings. The van der Waals surface area contributed by atoms with Crippen LogP contribution in [0.4, 0.5) is 0 Å². The Kier molecular flexibility index (Phi) is 5.26. The van der Waals surface area contributed by atoms with E-state index in [1.807, 2.05) is 6.92 Å². The molecule has 1 saturated carbocycles. The molecule has 0 aliphatic heterocycles. The van der Waals surface area contributed by atoms with Crippen molar-refractivity contribution in [1.29, 1.82) is 0 Å². The van der Waals surface area contributed by atoms with Crippen molar-refractivity contribution in [1.82, 2.24) is 10.6 Å². The molecule has 16 heavy (non-hydrogen) atoms. The summed E-state index contributed by atoms with van der Waals surface area (Å²) in [5.74, 6) is 1.46. The maximum absolute atomic E-state index is 11.7. The molecule has 0 heterocycles. The molecular formula is C13H26N2O. The topological polar surface area (TPSA) is 41.1 Å². The lowest BCUT2D eigenvalue weighted by Crippen LogP contribution is -2.44. The van der Waals surface area contributed by atoms with Crippen LogP contribution in [0, 0.1) is 11.8 Å². The number of hydrogen-bond donors (Lipinski definition) is 2. The third-order valence-corrected chi connectivity index (χ3v) is 3.12. The van der Waals surface area contributed by atoms with Crippen molar-refractivity contribution in [2.45, 2.75) is 59.0 Å². The summed E-state index contributed by atoms with van der Waals surface area (Å²) in [6, 6.07) is 0.533. The van der Waals surface area contributed by atoms with E-state index in [0.29, 0.717) is 12.0 Å². The summed E-state index contributed by atoms with van der Waals surface area (Å²) < 4.78 is 0. The van der Waals surface area contributed by atoms with Gasteiger partial charge in [0.2, 0.25) is 5.91 Å². The number of hydrogen-bond acceptors (Lipinski definition) is 2. The third kappa shape index (κ3) is 4.52. The molecule has 0 aromatic heterocycles. The van der Waals surface area contributed by atoms with E-state index in [0.717, 1.165) is 12.5 Å². The van der Waals surface area contributed by atoms with Crippen LogP contribution < -0.4 is 10.6 Å². The zero-order chi connectivity index (χ0) is 12.1. The number of nitrogens with one attached hydrogen (secondary N) is 2. The van der Waals surface area contributed by atoms with E-state index in [-0.39, 0.29) is 11.9 Å². The number of amides is 1. The molecule has 2 N–H and O–H groups in total. The Morgan fingerprint density at radius 1 is 1.38 bits per heavy atom. The zero-order valence-corrected chi connectivity index (χ0v) is 11.0. The van der Waals surface area contributed by atoms with Gasteiger partial charge in [-0.25, -0.2) is 0 Å². The van der Waals surface area contributed by atoms with E-state index < -0.39 is 0 Å². The second-order valence-electron chi connectivity index (χ2n) is 5.42. The minimum Gasteiger partial charge on any atom is -0.354 e. The summed E-state index contributed by atoms with van der Waals surface area (Å²) in [7, 11) is 0. The van der Waals surface area contributed by atoms with Gasteiger partial charge in [-0.2, -0.15) is 0 Å². The monoisotopic (exact) mass is 226 g/mol. The van der Waals surface area contributed by atoms with Gasteiger partial charge in [0.05, 0.1) is 6.04 Å². The van der Waals surface area contributed by atoms with Crippen LogP contribution in [0.3, 0.4) is 0 Å². The highest BCUT2D eigenvalue weighted by Crippen LogP contribution is 2.34. The fourth-order valence-electron chi connectivity index (χ4n) is 2.00. The molecule has 1 amide bonds. The predicted molar refractivity (Wildman–Crippen MR) is 67.2 cm³/mol. The van der Waals surface area contributed by atoms with Gasteiger partial charge < -0.3 is 10.6 Å². The van der Waals surface area contributed by atoms with Gasteiger partial charge in [-0.15, -0.1) is 0 Å². The fourth-order valence-corrected chi connectivity index (χ4v) is 2.00. The van der Waals surface area contributed by atoms with Crippen molar-refractivity contribution in [3.05, 3.63) is 0 Å². The van der Waals surface area contributed by atoms with E-state index in [9.17, 15) is 4.79 Å². The highest BCUT2D eigenvalue weighted by Gasteiger charge is 2.37. The Morgan fingerprint density at radius 2 is 2.06 bits per heavy atom. The molecule has 1 aliphatic rings. The number of carbonyl (C=O) groups excluding carboxylic acids is 1. The van der Waals surface area contributed by atoms with E-state index in [4.69, 9.17) is 0 Å². The van der Waals surface area contributed by atoms with Crippen LogP contribution in [0.2, 0.25) is 0 Å². The van der Waals surface area contributed by atoms with E-state index in [2.05, 4.69) is 31.4 Å². The van der Waals surface area contributed by atoms with Crippen LogP contribution in [0.25, 0.3) is 0 Å². The van der Waals surface area contributed by atoms with E-state index >= 15 is 0 Å². The summed E-state index contributed by atoms with van der Waals surface area (Å²) in [4.78, 5) is 11.7. The zero-order valence-electron chi connectivity index (χ0n) is 11.0. The summed E-state index contributed by atoms with van der Waals surface area (Å²) in [5.41, 5.74) is 0. The average Bonchev–Trinajstić information content (AvgIpc) is 2.93. The van der Waals surface area contributed by atoms with Crippen LogP contribution in [-0.4, -0.2) is 24.5 Å². The van der Waals surface area contributed by atoms with Crippen molar-refractivity contribution in [2.24, 2.45) is 11.8 Å². The molecule has 0 spiro atoms. The van der Waals surface area contributed by atoms with Crippen molar-refractivity contribution in [3.8, 4) is 0 Å². The number of rotatable bonds is 7. The standard InChI is InChI=1S/C13H26N2O/c1-5-6-11-7-12(11)15-10(4)13(16)14-8-9(2)3/h9-12,15H,5-8H2,1-4H3,(H,14,16). The Labute approximate surface area is 99.4 Å².